The van der Waals surface area contributed by atoms with Crippen LogP contribution in [0.4, 0.5) is 13.2 Å². The number of thiazole rings is 1. The van der Waals surface area contributed by atoms with Gasteiger partial charge in [0.1, 0.15) is 0 Å². The van der Waals surface area contributed by atoms with Crippen molar-refractivity contribution in [2.45, 2.75) is 19.0 Å². The predicted octanol–water partition coefficient (Wildman–Crippen LogP) is 3.51. The van der Waals surface area contributed by atoms with E-state index in [2.05, 4.69) is 10.3 Å². The lowest BCUT2D eigenvalue weighted by molar-refractivity contribution is -0.137. The van der Waals surface area contributed by atoms with Gasteiger partial charge in [0, 0.05) is 17.5 Å². The highest BCUT2D eigenvalue weighted by Gasteiger charge is 2.29. The second-order valence-corrected chi connectivity index (χ2v) is 5.65. The van der Waals surface area contributed by atoms with E-state index in [0.717, 1.165) is 35.7 Å². The van der Waals surface area contributed by atoms with Crippen molar-refractivity contribution in [3.8, 4) is 0 Å². The number of likely N-dealkylation sites (N-methyl/N-ethyl adjacent to an activating group) is 1. The van der Waals surface area contributed by atoms with E-state index in [1.165, 1.54) is 17.0 Å². The first-order valence-electron chi connectivity index (χ1n) is 6.23. The average molecular weight is 300 g/mol. The molecule has 0 amide bonds. The molecule has 1 aromatic carbocycles. The summed E-state index contributed by atoms with van der Waals surface area (Å²) in [6.45, 7) is 0.891. The second-order valence-electron chi connectivity index (χ2n) is 4.45. The zero-order valence-electron chi connectivity index (χ0n) is 11.0. The first-order valence-corrected chi connectivity index (χ1v) is 7.05. The highest BCUT2D eigenvalue weighted by Crippen LogP contribution is 2.29. The number of benzene rings is 1. The molecule has 0 saturated carbocycles. The molecule has 108 valence electrons. The van der Waals surface area contributed by atoms with Crippen molar-refractivity contribution in [1.82, 2.24) is 10.3 Å². The van der Waals surface area contributed by atoms with Crippen LogP contribution in [0.15, 0.2) is 30.5 Å². The molecule has 0 saturated heterocycles. The molecule has 6 heteroatoms. The van der Waals surface area contributed by atoms with Crippen LogP contribution >= 0.6 is 11.3 Å². The fourth-order valence-electron chi connectivity index (χ4n) is 1.78. The molecular formula is C14H15F3N2S. The third-order valence-electron chi connectivity index (χ3n) is 2.86. The van der Waals surface area contributed by atoms with E-state index in [1.54, 1.807) is 11.3 Å². The lowest BCUT2D eigenvalue weighted by Crippen LogP contribution is -2.09. The van der Waals surface area contributed by atoms with E-state index < -0.39 is 11.7 Å². The van der Waals surface area contributed by atoms with Crippen LogP contribution in [0.5, 0.6) is 0 Å². The molecule has 0 aliphatic heterocycles. The van der Waals surface area contributed by atoms with Gasteiger partial charge in [-0.3, -0.25) is 0 Å². The SMILES string of the molecule is CNCCc1cnc(Cc2ccc(C(F)(F)F)cc2)s1. The Hall–Kier alpha value is -1.40. The molecule has 1 heterocycles. The summed E-state index contributed by atoms with van der Waals surface area (Å²) in [5.74, 6) is 0. The zero-order chi connectivity index (χ0) is 14.6. The van der Waals surface area contributed by atoms with Gasteiger partial charge >= 0.3 is 6.18 Å². The Morgan fingerprint density at radius 2 is 1.90 bits per heavy atom. The second kappa shape index (κ2) is 6.37. The highest BCUT2D eigenvalue weighted by atomic mass is 32.1. The molecule has 2 rings (SSSR count). The fourth-order valence-corrected chi connectivity index (χ4v) is 2.74. The Labute approximate surface area is 119 Å². The van der Waals surface area contributed by atoms with Gasteiger partial charge in [0.05, 0.1) is 10.6 Å². The average Bonchev–Trinajstić information content (AvgIpc) is 2.83. The van der Waals surface area contributed by atoms with Crippen molar-refractivity contribution in [2.24, 2.45) is 0 Å². The number of nitrogens with one attached hydrogen (secondary N) is 1. The minimum atomic E-state index is -4.28. The Balaban J connectivity index is 2.01. The molecule has 2 aromatic rings. The maximum absolute atomic E-state index is 12.5. The van der Waals surface area contributed by atoms with Crippen LogP contribution in [-0.4, -0.2) is 18.6 Å². The van der Waals surface area contributed by atoms with Crippen LogP contribution < -0.4 is 5.32 Å². The Bertz CT molecular complexity index is 546. The molecule has 0 aliphatic rings. The first-order chi connectivity index (χ1) is 9.49. The lowest BCUT2D eigenvalue weighted by Gasteiger charge is -2.06. The Morgan fingerprint density at radius 1 is 1.20 bits per heavy atom. The van der Waals surface area contributed by atoms with Gasteiger partial charge in [0.15, 0.2) is 0 Å². The van der Waals surface area contributed by atoms with Crippen molar-refractivity contribution >= 4 is 11.3 Å². The van der Waals surface area contributed by atoms with Gasteiger partial charge in [0.25, 0.3) is 0 Å². The largest absolute Gasteiger partial charge is 0.416 e. The van der Waals surface area contributed by atoms with Gasteiger partial charge in [-0.1, -0.05) is 12.1 Å². The number of hydrogen-bond acceptors (Lipinski definition) is 3. The summed E-state index contributed by atoms with van der Waals surface area (Å²) in [7, 11) is 1.89. The molecule has 0 unspecified atom stereocenters. The van der Waals surface area contributed by atoms with E-state index in [1.807, 2.05) is 13.2 Å². The van der Waals surface area contributed by atoms with Crippen molar-refractivity contribution in [3.63, 3.8) is 0 Å². The number of alkyl halides is 3. The lowest BCUT2D eigenvalue weighted by atomic mass is 10.1. The third kappa shape index (κ3) is 4.05. The maximum Gasteiger partial charge on any atom is 0.416 e. The molecule has 0 bridgehead atoms. The van der Waals surface area contributed by atoms with Crippen LogP contribution in [0.2, 0.25) is 0 Å². The van der Waals surface area contributed by atoms with Gasteiger partial charge in [-0.15, -0.1) is 11.3 Å². The van der Waals surface area contributed by atoms with Gasteiger partial charge < -0.3 is 5.32 Å². The Kier molecular flexibility index (Phi) is 4.77. The maximum atomic E-state index is 12.5. The number of halogens is 3. The van der Waals surface area contributed by atoms with Crippen molar-refractivity contribution in [3.05, 3.63) is 51.5 Å². The van der Waals surface area contributed by atoms with Crippen LogP contribution in [0.3, 0.4) is 0 Å². The molecule has 0 spiro atoms. The van der Waals surface area contributed by atoms with E-state index in [0.29, 0.717) is 6.42 Å². The Morgan fingerprint density at radius 3 is 2.50 bits per heavy atom. The first kappa shape index (κ1) is 15.0. The quantitative estimate of drug-likeness (QED) is 0.914. The highest BCUT2D eigenvalue weighted by molar-refractivity contribution is 7.11. The van der Waals surface area contributed by atoms with E-state index >= 15 is 0 Å². The van der Waals surface area contributed by atoms with E-state index in [4.69, 9.17) is 0 Å². The van der Waals surface area contributed by atoms with Gasteiger partial charge in [-0.2, -0.15) is 13.2 Å². The monoisotopic (exact) mass is 300 g/mol. The van der Waals surface area contributed by atoms with Crippen LogP contribution in [0.1, 0.15) is 21.0 Å². The molecule has 2 nitrogen and oxygen atoms in total. The number of aromatic nitrogens is 1. The molecule has 0 fully saturated rings. The molecule has 20 heavy (non-hydrogen) atoms. The van der Waals surface area contributed by atoms with Crippen molar-refractivity contribution in [2.75, 3.05) is 13.6 Å². The molecule has 1 aromatic heterocycles. The minimum absolute atomic E-state index is 0.572. The summed E-state index contributed by atoms with van der Waals surface area (Å²) in [5, 5.41) is 3.99. The smallest absolute Gasteiger partial charge is 0.319 e. The third-order valence-corrected chi connectivity index (χ3v) is 3.92. The molecule has 0 atom stereocenters. The molecule has 0 radical (unpaired) electrons. The van der Waals surface area contributed by atoms with Gasteiger partial charge in [-0.25, -0.2) is 4.98 Å². The predicted molar refractivity (Wildman–Crippen MR) is 74.0 cm³/mol. The summed E-state index contributed by atoms with van der Waals surface area (Å²) < 4.78 is 37.4. The molecule has 1 N–H and O–H groups in total. The number of hydrogen-bond donors (Lipinski definition) is 1. The van der Waals surface area contributed by atoms with Gasteiger partial charge in [0.2, 0.25) is 0 Å². The van der Waals surface area contributed by atoms with Crippen molar-refractivity contribution < 1.29 is 13.2 Å². The standard InChI is InChI=1S/C14H15F3N2S/c1-18-7-6-12-9-19-13(20-12)8-10-2-4-11(5-3-10)14(15,16)17/h2-5,9,18H,6-8H2,1H3. The van der Waals surface area contributed by atoms with Gasteiger partial charge in [-0.05, 0) is 37.7 Å². The topological polar surface area (TPSA) is 24.9 Å². The summed E-state index contributed by atoms with van der Waals surface area (Å²) in [6, 6.07) is 5.25. The van der Waals surface area contributed by atoms with Crippen LogP contribution in [-0.2, 0) is 19.0 Å². The summed E-state index contributed by atoms with van der Waals surface area (Å²) in [6.07, 6.45) is -0.953. The van der Waals surface area contributed by atoms with E-state index in [9.17, 15) is 13.2 Å². The normalized spacial score (nSPS) is 11.8. The molecule has 0 aliphatic carbocycles. The minimum Gasteiger partial charge on any atom is -0.319 e. The van der Waals surface area contributed by atoms with Crippen LogP contribution in [0, 0.1) is 0 Å². The zero-order valence-corrected chi connectivity index (χ0v) is 11.8. The number of rotatable bonds is 5. The van der Waals surface area contributed by atoms with Crippen LogP contribution in [0.25, 0.3) is 0 Å². The summed E-state index contributed by atoms with van der Waals surface area (Å²) >= 11 is 1.60. The molecular weight excluding hydrogens is 285 g/mol. The number of nitrogens with zero attached hydrogens (tertiary/aromatic N) is 1. The summed E-state index contributed by atoms with van der Waals surface area (Å²) in [4.78, 5) is 5.49. The van der Waals surface area contributed by atoms with Crippen molar-refractivity contribution in [1.29, 1.82) is 0 Å². The summed E-state index contributed by atoms with van der Waals surface area (Å²) in [5.41, 5.74) is 0.225. The van der Waals surface area contributed by atoms with E-state index in [-0.39, 0.29) is 0 Å². The fraction of sp³-hybridized carbons (Fsp3) is 0.357.